The summed E-state index contributed by atoms with van der Waals surface area (Å²) in [5, 5.41) is 0.488. The second-order valence-electron chi connectivity index (χ2n) is 6.92. The van der Waals surface area contributed by atoms with Crippen molar-refractivity contribution in [1.29, 1.82) is 0 Å². The maximum absolute atomic E-state index is 12.8. The van der Waals surface area contributed by atoms with E-state index in [1.165, 1.54) is 30.3 Å². The average molecular weight is 465 g/mol. The molecular weight excluding hydrogens is 444 g/mol. The van der Waals surface area contributed by atoms with Crippen LogP contribution in [0.3, 0.4) is 0 Å². The number of hydrogen-bond acceptors (Lipinski definition) is 4. The van der Waals surface area contributed by atoms with E-state index in [4.69, 9.17) is 11.6 Å². The highest BCUT2D eigenvalue weighted by Crippen LogP contribution is 2.26. The molecule has 0 aromatic heterocycles. The predicted molar refractivity (Wildman–Crippen MR) is 120 cm³/mol. The summed E-state index contributed by atoms with van der Waals surface area (Å²) < 4.78 is 55.8. The Morgan fingerprint density at radius 1 is 0.700 bits per heavy atom. The van der Waals surface area contributed by atoms with Crippen molar-refractivity contribution in [3.63, 3.8) is 0 Å². The van der Waals surface area contributed by atoms with Crippen LogP contribution in [0.2, 0.25) is 5.02 Å². The van der Waals surface area contributed by atoms with Crippen LogP contribution in [0.1, 0.15) is 16.7 Å². The largest absolute Gasteiger partial charge is 0.280 e. The number of hydrogen-bond donors (Lipinski definition) is 2. The molecule has 0 unspecified atom stereocenters. The molecule has 0 aliphatic carbocycles. The first kappa shape index (κ1) is 22.1. The van der Waals surface area contributed by atoms with Crippen molar-refractivity contribution in [2.75, 3.05) is 9.44 Å². The highest BCUT2D eigenvalue weighted by atomic mass is 35.5. The van der Waals surface area contributed by atoms with Gasteiger partial charge < -0.3 is 0 Å². The van der Waals surface area contributed by atoms with Gasteiger partial charge in [-0.1, -0.05) is 29.8 Å². The quantitative estimate of drug-likeness (QED) is 0.544. The van der Waals surface area contributed by atoms with Crippen molar-refractivity contribution in [1.82, 2.24) is 0 Å². The van der Waals surface area contributed by atoms with Gasteiger partial charge in [0, 0.05) is 10.7 Å². The van der Waals surface area contributed by atoms with E-state index in [2.05, 4.69) is 9.44 Å². The minimum Gasteiger partial charge on any atom is -0.280 e. The standard InChI is InChI=1S/C21H21ClN2O4S2/c1-14-6-4-5-7-20(14)24-29(25,26)18-10-8-17(9-11-18)23-30(27,28)21-13-15(2)19(22)12-16(21)3/h4-13,23-24H,1-3H3. The molecule has 9 heteroatoms. The third kappa shape index (κ3) is 4.77. The van der Waals surface area contributed by atoms with Crippen LogP contribution in [0.4, 0.5) is 11.4 Å². The Hall–Kier alpha value is -2.55. The molecular formula is C21H21ClN2O4S2. The lowest BCUT2D eigenvalue weighted by Crippen LogP contribution is -2.16. The molecule has 0 aliphatic rings. The first-order valence-corrected chi connectivity index (χ1v) is 12.3. The highest BCUT2D eigenvalue weighted by Gasteiger charge is 2.20. The number of para-hydroxylation sites is 1. The van der Waals surface area contributed by atoms with Gasteiger partial charge in [0.05, 0.1) is 15.5 Å². The van der Waals surface area contributed by atoms with Crippen molar-refractivity contribution in [3.8, 4) is 0 Å². The molecule has 0 saturated heterocycles. The lowest BCUT2D eigenvalue weighted by Gasteiger charge is -2.13. The second kappa shape index (κ2) is 8.29. The zero-order valence-corrected chi connectivity index (χ0v) is 19.0. The van der Waals surface area contributed by atoms with Gasteiger partial charge in [-0.2, -0.15) is 0 Å². The van der Waals surface area contributed by atoms with E-state index in [-0.39, 0.29) is 15.5 Å². The minimum atomic E-state index is -3.86. The Morgan fingerprint density at radius 3 is 1.97 bits per heavy atom. The first-order valence-electron chi connectivity index (χ1n) is 8.98. The summed E-state index contributed by atoms with van der Waals surface area (Å²) in [6.07, 6.45) is 0. The maximum atomic E-state index is 12.8. The Kier molecular flexibility index (Phi) is 6.12. The van der Waals surface area contributed by atoms with E-state index in [0.717, 1.165) is 5.56 Å². The molecule has 0 atom stereocenters. The number of sulfonamides is 2. The third-order valence-electron chi connectivity index (χ3n) is 4.55. The van der Waals surface area contributed by atoms with Crippen molar-refractivity contribution >= 4 is 43.0 Å². The molecule has 0 radical (unpaired) electrons. The summed E-state index contributed by atoms with van der Waals surface area (Å²) in [7, 11) is -7.67. The number of halogens is 1. The molecule has 158 valence electrons. The van der Waals surface area contributed by atoms with E-state index >= 15 is 0 Å². The fourth-order valence-corrected chi connectivity index (χ4v) is 5.57. The molecule has 0 amide bonds. The molecule has 3 aromatic carbocycles. The molecule has 3 aromatic rings. The molecule has 2 N–H and O–H groups in total. The van der Waals surface area contributed by atoms with Gasteiger partial charge in [0.25, 0.3) is 20.0 Å². The fraction of sp³-hybridized carbons (Fsp3) is 0.143. The molecule has 0 bridgehead atoms. The number of rotatable bonds is 6. The second-order valence-corrected chi connectivity index (χ2v) is 10.7. The number of benzene rings is 3. The van der Waals surface area contributed by atoms with Gasteiger partial charge in [-0.3, -0.25) is 9.44 Å². The monoisotopic (exact) mass is 464 g/mol. The molecule has 0 saturated carbocycles. The van der Waals surface area contributed by atoms with E-state index < -0.39 is 20.0 Å². The molecule has 0 spiro atoms. The van der Waals surface area contributed by atoms with Crippen LogP contribution >= 0.6 is 11.6 Å². The summed E-state index contributed by atoms with van der Waals surface area (Å²) in [4.78, 5) is 0.134. The normalized spacial score (nSPS) is 11.9. The van der Waals surface area contributed by atoms with Gasteiger partial charge in [-0.25, -0.2) is 16.8 Å². The van der Waals surface area contributed by atoms with Gasteiger partial charge in [0.2, 0.25) is 0 Å². The van der Waals surface area contributed by atoms with E-state index in [9.17, 15) is 16.8 Å². The Labute approximate surface area is 182 Å². The van der Waals surface area contributed by atoms with E-state index in [1.54, 1.807) is 45.0 Å². The van der Waals surface area contributed by atoms with Crippen LogP contribution in [0, 0.1) is 20.8 Å². The smallest absolute Gasteiger partial charge is 0.262 e. The minimum absolute atomic E-state index is 0.0206. The topological polar surface area (TPSA) is 92.3 Å². The van der Waals surface area contributed by atoms with Gasteiger partial charge in [-0.05, 0) is 79.9 Å². The van der Waals surface area contributed by atoms with Crippen LogP contribution < -0.4 is 9.44 Å². The summed E-state index contributed by atoms with van der Waals surface area (Å²) in [6, 6.07) is 15.6. The van der Waals surface area contributed by atoms with Crippen LogP contribution in [-0.4, -0.2) is 16.8 Å². The summed E-state index contributed by atoms with van der Waals surface area (Å²) in [6.45, 7) is 5.19. The SMILES string of the molecule is Cc1cc(S(=O)(=O)Nc2ccc(S(=O)(=O)Nc3ccccc3C)cc2)c(C)cc1Cl. The lowest BCUT2D eigenvalue weighted by molar-refractivity contribution is 0.599. The van der Waals surface area contributed by atoms with Crippen LogP contribution in [0.5, 0.6) is 0 Å². The lowest BCUT2D eigenvalue weighted by atomic mass is 10.2. The fourth-order valence-electron chi connectivity index (χ4n) is 2.85. The van der Waals surface area contributed by atoms with Crippen LogP contribution in [0.15, 0.2) is 70.5 Å². The summed E-state index contributed by atoms with van der Waals surface area (Å²) >= 11 is 6.05. The van der Waals surface area contributed by atoms with Crippen LogP contribution in [-0.2, 0) is 20.0 Å². The maximum Gasteiger partial charge on any atom is 0.262 e. The van der Waals surface area contributed by atoms with Crippen LogP contribution in [0.25, 0.3) is 0 Å². The molecule has 30 heavy (non-hydrogen) atoms. The van der Waals surface area contributed by atoms with Crippen molar-refractivity contribution in [3.05, 3.63) is 82.4 Å². The molecule has 0 heterocycles. The Balaban J connectivity index is 1.84. The molecule has 6 nitrogen and oxygen atoms in total. The van der Waals surface area contributed by atoms with Crippen molar-refractivity contribution < 1.29 is 16.8 Å². The molecule has 3 rings (SSSR count). The van der Waals surface area contributed by atoms with Gasteiger partial charge >= 0.3 is 0 Å². The first-order chi connectivity index (χ1) is 14.0. The van der Waals surface area contributed by atoms with Gasteiger partial charge in [-0.15, -0.1) is 0 Å². The molecule has 0 aliphatic heterocycles. The van der Waals surface area contributed by atoms with Gasteiger partial charge in [0.15, 0.2) is 0 Å². The van der Waals surface area contributed by atoms with Crippen molar-refractivity contribution in [2.45, 2.75) is 30.6 Å². The average Bonchev–Trinajstić information content (AvgIpc) is 2.66. The Morgan fingerprint density at radius 2 is 1.33 bits per heavy atom. The zero-order chi connectivity index (χ0) is 22.1. The van der Waals surface area contributed by atoms with Gasteiger partial charge in [0.1, 0.15) is 0 Å². The van der Waals surface area contributed by atoms with E-state index in [0.29, 0.717) is 21.8 Å². The summed E-state index contributed by atoms with van der Waals surface area (Å²) in [5.41, 5.74) is 2.68. The number of anilines is 2. The number of aryl methyl sites for hydroxylation is 3. The third-order valence-corrected chi connectivity index (χ3v) is 7.86. The zero-order valence-electron chi connectivity index (χ0n) is 16.6. The van der Waals surface area contributed by atoms with Crippen molar-refractivity contribution in [2.24, 2.45) is 0 Å². The molecule has 0 fully saturated rings. The Bertz CT molecular complexity index is 1300. The highest BCUT2D eigenvalue weighted by molar-refractivity contribution is 7.93. The van der Waals surface area contributed by atoms with E-state index in [1.807, 2.05) is 6.07 Å². The predicted octanol–water partition coefficient (Wildman–Crippen LogP) is 4.87. The summed E-state index contributed by atoms with van der Waals surface area (Å²) in [5.74, 6) is 0. The number of nitrogens with one attached hydrogen (secondary N) is 2.